The molecule has 3 nitrogen and oxygen atoms in total. The predicted molar refractivity (Wildman–Crippen MR) is 77.3 cm³/mol. The Morgan fingerprint density at radius 2 is 2.19 bits per heavy atom. The maximum Gasteiger partial charge on any atom is 0.416 e. The number of rotatable bonds is 4. The van der Waals surface area contributed by atoms with Gasteiger partial charge in [-0.15, -0.1) is 0 Å². The second kappa shape index (κ2) is 6.56. The lowest BCUT2D eigenvalue weighted by atomic mass is 10.2. The monoisotopic (exact) mass is 316 g/mol. The highest BCUT2D eigenvalue weighted by Crippen LogP contribution is 2.35. The molecule has 0 bridgehead atoms. The number of likely N-dealkylation sites (tertiary alicyclic amines) is 1. The van der Waals surface area contributed by atoms with E-state index in [0.717, 1.165) is 31.5 Å². The molecule has 0 aliphatic carbocycles. The predicted octanol–water partition coefficient (Wildman–Crippen LogP) is 3.91. The lowest BCUT2D eigenvalue weighted by Gasteiger charge is -2.20. The Morgan fingerprint density at radius 1 is 1.43 bits per heavy atom. The van der Waals surface area contributed by atoms with Crippen LogP contribution in [0.1, 0.15) is 18.4 Å². The van der Waals surface area contributed by atoms with Gasteiger partial charge in [0.2, 0.25) is 0 Å². The Bertz CT molecular complexity index is 556. The van der Waals surface area contributed by atoms with E-state index < -0.39 is 11.7 Å². The molecule has 1 aromatic carbocycles. The average molecular weight is 316 g/mol. The van der Waals surface area contributed by atoms with E-state index >= 15 is 0 Å². The van der Waals surface area contributed by atoms with E-state index in [0.29, 0.717) is 6.61 Å². The molecule has 2 rings (SSSR count). The van der Waals surface area contributed by atoms with E-state index in [-0.39, 0.29) is 17.5 Å². The molecule has 1 aromatic rings. The van der Waals surface area contributed by atoms with Crippen molar-refractivity contribution in [2.24, 2.45) is 4.99 Å². The summed E-state index contributed by atoms with van der Waals surface area (Å²) >= 11 is 4.44. The van der Waals surface area contributed by atoms with E-state index in [1.54, 1.807) is 0 Å². The summed E-state index contributed by atoms with van der Waals surface area (Å²) in [4.78, 5) is 5.75. The van der Waals surface area contributed by atoms with Gasteiger partial charge in [0, 0.05) is 12.1 Å². The number of hydrogen-bond acceptors (Lipinski definition) is 4. The first-order chi connectivity index (χ1) is 9.90. The van der Waals surface area contributed by atoms with Crippen molar-refractivity contribution in [3.63, 3.8) is 0 Å². The number of ether oxygens (including phenoxy) is 1. The number of isothiocyanates is 1. The van der Waals surface area contributed by atoms with E-state index in [4.69, 9.17) is 4.74 Å². The smallest absolute Gasteiger partial charge is 0.416 e. The third kappa shape index (κ3) is 4.27. The largest absolute Gasteiger partial charge is 0.492 e. The number of thiocarbonyl (C=S) groups is 1. The molecule has 1 heterocycles. The fourth-order valence-electron chi connectivity index (χ4n) is 2.33. The van der Waals surface area contributed by atoms with Crippen molar-refractivity contribution in [3.8, 4) is 5.75 Å². The van der Waals surface area contributed by atoms with Crippen LogP contribution in [0.5, 0.6) is 5.75 Å². The normalized spacial score (nSPS) is 19.3. The summed E-state index contributed by atoms with van der Waals surface area (Å²) in [6, 6.07) is 3.58. The van der Waals surface area contributed by atoms with Crippen molar-refractivity contribution >= 4 is 23.1 Å². The fraction of sp³-hybridized carbons (Fsp3) is 0.500. The molecule has 1 unspecified atom stereocenters. The summed E-state index contributed by atoms with van der Waals surface area (Å²) in [5.41, 5.74) is -0.710. The SMILES string of the molecule is CN1CCCC1COc1cc(N=C=S)cc(C(F)(F)F)c1. The maximum absolute atomic E-state index is 12.8. The topological polar surface area (TPSA) is 24.8 Å². The maximum atomic E-state index is 12.8. The number of likely N-dealkylation sites (N-methyl/N-ethyl adjacent to an activating group) is 1. The van der Waals surface area contributed by atoms with Gasteiger partial charge in [0.15, 0.2) is 0 Å². The molecule has 114 valence electrons. The zero-order valence-corrected chi connectivity index (χ0v) is 12.3. The summed E-state index contributed by atoms with van der Waals surface area (Å²) in [6.45, 7) is 1.34. The van der Waals surface area contributed by atoms with Crippen LogP contribution < -0.4 is 4.74 Å². The Morgan fingerprint density at radius 3 is 2.76 bits per heavy atom. The van der Waals surface area contributed by atoms with Crippen LogP contribution in [0.4, 0.5) is 18.9 Å². The molecule has 0 N–H and O–H groups in total. The van der Waals surface area contributed by atoms with Crippen molar-refractivity contribution in [1.29, 1.82) is 0 Å². The quantitative estimate of drug-likeness (QED) is 0.622. The Kier molecular flexibility index (Phi) is 4.98. The van der Waals surface area contributed by atoms with Crippen LogP contribution >= 0.6 is 12.2 Å². The number of benzene rings is 1. The molecule has 1 atom stereocenters. The first-order valence-corrected chi connectivity index (χ1v) is 6.94. The van der Waals surface area contributed by atoms with E-state index in [2.05, 4.69) is 27.3 Å². The van der Waals surface area contributed by atoms with Crippen LogP contribution in [0.25, 0.3) is 0 Å². The third-order valence-corrected chi connectivity index (χ3v) is 3.60. The van der Waals surface area contributed by atoms with Crippen LogP contribution in [-0.2, 0) is 6.18 Å². The summed E-state index contributed by atoms with van der Waals surface area (Å²) in [5.74, 6) is 0.147. The van der Waals surface area contributed by atoms with E-state index in [1.807, 2.05) is 7.05 Å². The Balaban J connectivity index is 2.17. The van der Waals surface area contributed by atoms with Gasteiger partial charge in [0.25, 0.3) is 0 Å². The van der Waals surface area contributed by atoms with Gasteiger partial charge < -0.3 is 9.64 Å². The van der Waals surface area contributed by atoms with Crippen molar-refractivity contribution in [2.75, 3.05) is 20.2 Å². The van der Waals surface area contributed by atoms with E-state index in [9.17, 15) is 13.2 Å². The van der Waals surface area contributed by atoms with Crippen LogP contribution in [0.15, 0.2) is 23.2 Å². The molecule has 7 heteroatoms. The van der Waals surface area contributed by atoms with E-state index in [1.165, 1.54) is 6.07 Å². The lowest BCUT2D eigenvalue weighted by Crippen LogP contribution is -2.30. The van der Waals surface area contributed by atoms with Gasteiger partial charge in [-0.3, -0.25) is 0 Å². The van der Waals surface area contributed by atoms with Crippen molar-refractivity contribution in [2.45, 2.75) is 25.1 Å². The van der Waals surface area contributed by atoms with Crippen molar-refractivity contribution in [1.82, 2.24) is 4.90 Å². The van der Waals surface area contributed by atoms with Gasteiger partial charge in [-0.1, -0.05) is 0 Å². The van der Waals surface area contributed by atoms with Crippen molar-refractivity contribution in [3.05, 3.63) is 23.8 Å². The number of hydrogen-bond donors (Lipinski definition) is 0. The van der Waals surface area contributed by atoms with Crippen molar-refractivity contribution < 1.29 is 17.9 Å². The fourth-order valence-corrected chi connectivity index (χ4v) is 2.44. The first-order valence-electron chi connectivity index (χ1n) is 6.53. The molecular weight excluding hydrogens is 301 g/mol. The molecule has 21 heavy (non-hydrogen) atoms. The zero-order valence-electron chi connectivity index (χ0n) is 11.5. The zero-order chi connectivity index (χ0) is 15.5. The summed E-state index contributed by atoms with van der Waals surface area (Å²) in [5, 5.41) is 2.07. The molecule has 1 aliphatic rings. The first kappa shape index (κ1) is 15.9. The van der Waals surface area contributed by atoms with Gasteiger partial charge in [-0.25, -0.2) is 0 Å². The van der Waals surface area contributed by atoms with Crippen LogP contribution in [0.2, 0.25) is 0 Å². The summed E-state index contributed by atoms with van der Waals surface area (Å²) in [6.07, 6.45) is -2.39. The highest BCUT2D eigenvalue weighted by molar-refractivity contribution is 7.78. The van der Waals surface area contributed by atoms with Crippen LogP contribution in [0, 0.1) is 0 Å². The molecule has 1 saturated heterocycles. The van der Waals surface area contributed by atoms with Crippen LogP contribution in [-0.4, -0.2) is 36.3 Å². The minimum absolute atomic E-state index is 0.0922. The van der Waals surface area contributed by atoms with Gasteiger partial charge in [0.1, 0.15) is 12.4 Å². The summed E-state index contributed by atoms with van der Waals surface area (Å²) < 4.78 is 44.0. The molecule has 0 amide bonds. The van der Waals surface area contributed by atoms with Gasteiger partial charge in [0.05, 0.1) is 16.4 Å². The highest BCUT2D eigenvalue weighted by Gasteiger charge is 2.31. The molecule has 1 aliphatic heterocycles. The molecular formula is C14H15F3N2OS. The standard InChI is InChI=1S/C14H15F3N2OS/c1-19-4-2-3-12(19)8-20-13-6-10(14(15,16)17)5-11(7-13)18-9-21/h5-7,12H,2-4,8H2,1H3. The highest BCUT2D eigenvalue weighted by atomic mass is 32.1. The average Bonchev–Trinajstić information content (AvgIpc) is 2.81. The number of nitrogens with zero attached hydrogens (tertiary/aromatic N) is 2. The molecule has 1 fully saturated rings. The third-order valence-electron chi connectivity index (χ3n) is 3.51. The molecule has 0 spiro atoms. The second-order valence-corrected chi connectivity index (χ2v) is 5.19. The summed E-state index contributed by atoms with van der Waals surface area (Å²) in [7, 11) is 1.98. The van der Waals surface area contributed by atoms with Crippen LogP contribution in [0.3, 0.4) is 0 Å². The lowest BCUT2D eigenvalue weighted by molar-refractivity contribution is -0.137. The number of aliphatic imine (C=N–C) groups is 1. The van der Waals surface area contributed by atoms with Gasteiger partial charge in [-0.05, 0) is 50.8 Å². The minimum Gasteiger partial charge on any atom is -0.492 e. The van der Waals surface area contributed by atoms with Gasteiger partial charge in [-0.2, -0.15) is 18.2 Å². The number of alkyl halides is 3. The Hall–Kier alpha value is -1.43. The second-order valence-electron chi connectivity index (χ2n) is 5.00. The molecule has 0 radical (unpaired) electrons. The minimum atomic E-state index is -4.45. The molecule has 0 aromatic heterocycles. The Labute approximate surface area is 126 Å². The molecule has 0 saturated carbocycles. The number of halogens is 3. The van der Waals surface area contributed by atoms with Gasteiger partial charge >= 0.3 is 6.18 Å².